The van der Waals surface area contributed by atoms with Crippen molar-refractivity contribution in [2.75, 3.05) is 17.2 Å². The number of rotatable bonds is 7. The van der Waals surface area contributed by atoms with E-state index in [1.165, 1.54) is 12.1 Å². The van der Waals surface area contributed by atoms with E-state index in [0.717, 1.165) is 11.1 Å². The summed E-state index contributed by atoms with van der Waals surface area (Å²) in [5.41, 5.74) is 8.50. The number of nitrogens with one attached hydrogen (secondary N) is 1. The van der Waals surface area contributed by atoms with Crippen molar-refractivity contribution in [3.05, 3.63) is 107 Å². The molecule has 3 N–H and O–H groups in total. The molecule has 1 aliphatic rings. The maximum Gasteiger partial charge on any atom is 0.272 e. The van der Waals surface area contributed by atoms with Crippen molar-refractivity contribution in [3.63, 3.8) is 0 Å². The molecule has 0 fully saturated rings. The fourth-order valence-electron chi connectivity index (χ4n) is 4.24. The number of alkyl halides is 3. The molecule has 1 aliphatic carbocycles. The molecular formula is C29H29Cl3FN3O2. The zero-order valence-electron chi connectivity index (χ0n) is 21.1. The minimum atomic E-state index is -2.14. The van der Waals surface area contributed by atoms with Crippen molar-refractivity contribution < 1.29 is 14.0 Å². The van der Waals surface area contributed by atoms with Gasteiger partial charge in [0.25, 0.3) is 15.6 Å². The van der Waals surface area contributed by atoms with Crippen LogP contribution in [0.25, 0.3) is 0 Å². The first-order valence-corrected chi connectivity index (χ1v) is 13.2. The molecule has 0 spiro atoms. The second-order valence-electron chi connectivity index (χ2n) is 8.74. The molecule has 4 rings (SSSR count). The summed E-state index contributed by atoms with van der Waals surface area (Å²) < 4.78 is 11.3. The van der Waals surface area contributed by atoms with Crippen molar-refractivity contribution >= 4 is 58.0 Å². The Morgan fingerprint density at radius 2 is 1.55 bits per heavy atom. The van der Waals surface area contributed by atoms with Gasteiger partial charge in [-0.05, 0) is 72.5 Å². The number of carbonyl (C=O) groups is 2. The van der Waals surface area contributed by atoms with Crippen LogP contribution in [0.5, 0.6) is 0 Å². The zero-order valence-corrected chi connectivity index (χ0v) is 23.3. The normalized spacial score (nSPS) is 16.3. The molecule has 1 atom stereocenters. The van der Waals surface area contributed by atoms with Crippen molar-refractivity contribution in [2.24, 2.45) is 0 Å². The predicted octanol–water partition coefficient (Wildman–Crippen LogP) is 6.88. The van der Waals surface area contributed by atoms with Crippen LogP contribution in [0.1, 0.15) is 36.2 Å². The monoisotopic (exact) mass is 575 g/mol. The van der Waals surface area contributed by atoms with E-state index in [-0.39, 0.29) is 18.3 Å². The third kappa shape index (κ3) is 7.50. The van der Waals surface area contributed by atoms with Crippen molar-refractivity contribution in [2.45, 2.75) is 36.0 Å². The molecule has 0 saturated carbocycles. The number of hydrogen-bond acceptors (Lipinski definition) is 3. The highest BCUT2D eigenvalue weighted by atomic mass is 35.6. The molecule has 3 aromatic carbocycles. The van der Waals surface area contributed by atoms with Gasteiger partial charge >= 0.3 is 0 Å². The van der Waals surface area contributed by atoms with E-state index in [9.17, 15) is 14.0 Å². The Labute approximate surface area is 237 Å². The number of halogens is 4. The Hall–Kier alpha value is -3.06. The standard InChI is InChI=1S/C27H23Cl3FN3O2.C2H6/c28-27(29,30)25(36)33-26(14-18-6-8-21(31)9-7-18)15-19(16-26)17-34(23-12-10-22(32)11-13-23)24(35)20-4-2-1-3-5-20;1-2/h1-13,15H,14,16-17,32H2,(H,33,36);1-2H3. The van der Waals surface area contributed by atoms with Crippen molar-refractivity contribution in [1.82, 2.24) is 5.32 Å². The van der Waals surface area contributed by atoms with Gasteiger partial charge in [0.15, 0.2) is 0 Å². The highest BCUT2D eigenvalue weighted by Crippen LogP contribution is 2.37. The van der Waals surface area contributed by atoms with Crippen LogP contribution in [0.15, 0.2) is 90.5 Å². The first kappa shape index (κ1) is 29.5. The summed E-state index contributed by atoms with van der Waals surface area (Å²) in [5, 5.41) is 2.82. The fourth-order valence-corrected chi connectivity index (χ4v) is 4.39. The molecule has 2 amide bonds. The second kappa shape index (κ2) is 12.7. The topological polar surface area (TPSA) is 75.4 Å². The van der Waals surface area contributed by atoms with Crippen molar-refractivity contribution in [1.29, 1.82) is 0 Å². The molecule has 0 aliphatic heterocycles. The zero-order chi connectivity index (χ0) is 27.9. The highest BCUT2D eigenvalue weighted by molar-refractivity contribution is 6.76. The molecule has 38 heavy (non-hydrogen) atoms. The lowest BCUT2D eigenvalue weighted by atomic mass is 9.74. The van der Waals surface area contributed by atoms with E-state index < -0.39 is 15.2 Å². The van der Waals surface area contributed by atoms with Gasteiger partial charge in [0, 0.05) is 23.5 Å². The smallest absolute Gasteiger partial charge is 0.272 e. The number of carbonyl (C=O) groups excluding carboxylic acids is 2. The number of benzene rings is 3. The van der Waals surface area contributed by atoms with Gasteiger partial charge in [0.1, 0.15) is 5.82 Å². The Morgan fingerprint density at radius 3 is 2.11 bits per heavy atom. The molecule has 5 nitrogen and oxygen atoms in total. The molecular weight excluding hydrogens is 548 g/mol. The average molecular weight is 577 g/mol. The van der Waals surface area contributed by atoms with Crippen LogP contribution in [-0.2, 0) is 11.2 Å². The van der Waals surface area contributed by atoms with E-state index >= 15 is 0 Å². The highest BCUT2D eigenvalue weighted by Gasteiger charge is 2.43. The first-order valence-electron chi connectivity index (χ1n) is 12.1. The van der Waals surface area contributed by atoms with Crippen LogP contribution in [0.3, 0.4) is 0 Å². The summed E-state index contributed by atoms with van der Waals surface area (Å²) in [5.74, 6) is -1.30. The lowest BCUT2D eigenvalue weighted by Gasteiger charge is -2.43. The Bertz CT molecular complexity index is 1280. The molecule has 0 radical (unpaired) electrons. The van der Waals surface area contributed by atoms with Gasteiger partial charge in [-0.3, -0.25) is 9.59 Å². The van der Waals surface area contributed by atoms with Gasteiger partial charge in [-0.2, -0.15) is 0 Å². The minimum Gasteiger partial charge on any atom is -0.399 e. The van der Waals surface area contributed by atoms with Crippen LogP contribution >= 0.6 is 34.8 Å². The van der Waals surface area contributed by atoms with E-state index in [2.05, 4.69) is 5.32 Å². The Morgan fingerprint density at radius 1 is 0.974 bits per heavy atom. The van der Waals surface area contributed by atoms with Crippen LogP contribution in [-0.4, -0.2) is 27.7 Å². The second-order valence-corrected chi connectivity index (χ2v) is 11.0. The maximum absolute atomic E-state index is 13.4. The van der Waals surface area contributed by atoms with Crippen molar-refractivity contribution in [3.8, 4) is 0 Å². The minimum absolute atomic E-state index is 0.178. The number of nitrogens with zero attached hydrogens (tertiary/aromatic N) is 1. The molecule has 9 heteroatoms. The average Bonchev–Trinajstić information content (AvgIpc) is 2.88. The fraction of sp³-hybridized carbons (Fsp3) is 0.241. The number of nitrogens with two attached hydrogens (primary N) is 1. The van der Waals surface area contributed by atoms with Crippen LogP contribution < -0.4 is 16.0 Å². The summed E-state index contributed by atoms with van der Waals surface area (Å²) in [6.07, 6.45) is 2.63. The maximum atomic E-state index is 13.4. The third-order valence-electron chi connectivity index (χ3n) is 5.91. The number of amides is 2. The molecule has 0 bridgehead atoms. The van der Waals surface area contributed by atoms with Gasteiger partial charge in [-0.1, -0.05) is 85.1 Å². The third-order valence-corrected chi connectivity index (χ3v) is 6.42. The molecule has 3 aromatic rings. The number of hydrogen-bond donors (Lipinski definition) is 2. The molecule has 0 heterocycles. The van der Waals surface area contributed by atoms with Crippen LogP contribution in [0, 0.1) is 5.82 Å². The Balaban J connectivity index is 0.00000195. The van der Waals surface area contributed by atoms with Gasteiger partial charge < -0.3 is 16.0 Å². The predicted molar refractivity (Wildman–Crippen MR) is 154 cm³/mol. The van der Waals surface area contributed by atoms with E-state index in [4.69, 9.17) is 40.5 Å². The number of anilines is 2. The van der Waals surface area contributed by atoms with E-state index in [1.807, 2.05) is 26.0 Å². The lowest BCUT2D eigenvalue weighted by molar-refractivity contribution is -0.121. The van der Waals surface area contributed by atoms with Gasteiger partial charge in [0.05, 0.1) is 5.54 Å². The largest absolute Gasteiger partial charge is 0.399 e. The summed E-state index contributed by atoms with van der Waals surface area (Å²) in [6.45, 7) is 4.28. The van der Waals surface area contributed by atoms with Gasteiger partial charge in [-0.25, -0.2) is 4.39 Å². The summed E-state index contributed by atoms with van der Waals surface area (Å²) in [6, 6.07) is 22.0. The van der Waals surface area contributed by atoms with Crippen LogP contribution in [0.2, 0.25) is 0 Å². The van der Waals surface area contributed by atoms with Gasteiger partial charge in [0.2, 0.25) is 0 Å². The number of nitrogen functional groups attached to an aromatic ring is 1. The molecule has 0 saturated heterocycles. The molecule has 1 unspecified atom stereocenters. The SMILES string of the molecule is CC.Nc1ccc(N(CC2=CC(Cc3ccc(F)cc3)(NC(=O)C(Cl)(Cl)Cl)C2)C(=O)c2ccccc2)cc1. The van der Waals surface area contributed by atoms with E-state index in [0.29, 0.717) is 29.8 Å². The van der Waals surface area contributed by atoms with Crippen LogP contribution in [0.4, 0.5) is 15.8 Å². The summed E-state index contributed by atoms with van der Waals surface area (Å²) in [7, 11) is 0. The first-order chi connectivity index (χ1) is 18.0. The summed E-state index contributed by atoms with van der Waals surface area (Å²) >= 11 is 17.4. The quantitative estimate of drug-likeness (QED) is 0.183. The van der Waals surface area contributed by atoms with E-state index in [1.54, 1.807) is 65.6 Å². The van der Waals surface area contributed by atoms with Gasteiger partial charge in [-0.15, -0.1) is 0 Å². The summed E-state index contributed by atoms with van der Waals surface area (Å²) in [4.78, 5) is 27.6. The molecule has 200 valence electrons. The lowest BCUT2D eigenvalue weighted by Crippen LogP contribution is -2.57. The Kier molecular flexibility index (Phi) is 9.82. The molecule has 0 aromatic heterocycles.